The van der Waals surface area contributed by atoms with Crippen LogP contribution in [0.2, 0.25) is 0 Å². The van der Waals surface area contributed by atoms with Crippen LogP contribution >= 0.6 is 15.9 Å². The first kappa shape index (κ1) is 17.3. The van der Waals surface area contributed by atoms with Crippen LogP contribution in [0.4, 0.5) is 22.0 Å². The summed E-state index contributed by atoms with van der Waals surface area (Å²) >= 11 is 2.92. The Labute approximate surface area is 121 Å². The third-order valence-corrected chi connectivity index (χ3v) is 3.12. The van der Waals surface area contributed by atoms with Crippen molar-refractivity contribution in [3.05, 3.63) is 33.8 Å². The zero-order chi connectivity index (χ0) is 15.3. The van der Waals surface area contributed by atoms with Crippen molar-refractivity contribution in [1.82, 2.24) is 0 Å². The summed E-state index contributed by atoms with van der Waals surface area (Å²) < 4.78 is 67.0. The summed E-state index contributed by atoms with van der Waals surface area (Å²) in [5.41, 5.74) is 5.44. The van der Waals surface area contributed by atoms with E-state index >= 15 is 0 Å². The number of alkyl halides is 3. The Morgan fingerprint density at radius 2 is 1.90 bits per heavy atom. The molecular formula is C12H13BrF5NO. The van der Waals surface area contributed by atoms with Gasteiger partial charge in [0.1, 0.15) is 18.2 Å². The van der Waals surface area contributed by atoms with Crippen LogP contribution < -0.4 is 5.73 Å². The molecule has 8 heteroatoms. The fourth-order valence-electron chi connectivity index (χ4n) is 1.54. The molecule has 20 heavy (non-hydrogen) atoms. The maximum atomic E-state index is 13.6. The maximum absolute atomic E-state index is 13.6. The molecule has 0 aliphatic rings. The molecule has 0 amide bonds. The highest BCUT2D eigenvalue weighted by Gasteiger charge is 2.27. The van der Waals surface area contributed by atoms with Gasteiger partial charge in [0.25, 0.3) is 0 Å². The largest absolute Gasteiger partial charge is 0.411 e. The fourth-order valence-corrected chi connectivity index (χ4v) is 1.91. The van der Waals surface area contributed by atoms with Gasteiger partial charge < -0.3 is 10.5 Å². The van der Waals surface area contributed by atoms with Crippen molar-refractivity contribution >= 4 is 15.9 Å². The lowest BCUT2D eigenvalue weighted by atomic mass is 10.0. The Morgan fingerprint density at radius 3 is 2.50 bits per heavy atom. The Hall–Kier alpha value is -0.730. The van der Waals surface area contributed by atoms with E-state index in [1.165, 1.54) is 6.07 Å². The van der Waals surface area contributed by atoms with Gasteiger partial charge in [-0.3, -0.25) is 0 Å². The topological polar surface area (TPSA) is 35.2 Å². The second-order valence-electron chi connectivity index (χ2n) is 4.24. The number of ether oxygens (including phenoxy) is 1. The number of hydrogen-bond donors (Lipinski definition) is 1. The minimum Gasteiger partial charge on any atom is -0.372 e. The van der Waals surface area contributed by atoms with E-state index < -0.39 is 30.5 Å². The van der Waals surface area contributed by atoms with Crippen molar-refractivity contribution < 1.29 is 26.7 Å². The Balaban J connectivity index is 2.47. The van der Waals surface area contributed by atoms with Crippen molar-refractivity contribution in [3.8, 4) is 0 Å². The van der Waals surface area contributed by atoms with E-state index in [1.54, 1.807) is 0 Å². The Kier molecular flexibility index (Phi) is 6.35. The molecule has 0 aliphatic carbocycles. The second kappa shape index (κ2) is 7.33. The normalized spacial score (nSPS) is 13.6. The van der Waals surface area contributed by atoms with Gasteiger partial charge in [0.05, 0.1) is 4.47 Å². The van der Waals surface area contributed by atoms with Gasteiger partial charge in [0.15, 0.2) is 0 Å². The van der Waals surface area contributed by atoms with Crippen molar-refractivity contribution in [2.45, 2.75) is 25.1 Å². The van der Waals surface area contributed by atoms with Gasteiger partial charge in [-0.15, -0.1) is 0 Å². The van der Waals surface area contributed by atoms with Crippen molar-refractivity contribution in [3.63, 3.8) is 0 Å². The standard InChI is InChI=1S/C12H13BrF5NO/c13-9-1-2-10(14)8(11(9)15)5-7(19)3-4-20-6-12(16,17)18/h1-2,7H,3-6,19H2. The lowest BCUT2D eigenvalue weighted by Gasteiger charge is -2.14. The highest BCUT2D eigenvalue weighted by molar-refractivity contribution is 9.10. The highest BCUT2D eigenvalue weighted by Crippen LogP contribution is 2.23. The molecule has 1 rings (SSSR count). The summed E-state index contributed by atoms with van der Waals surface area (Å²) in [6.45, 7) is -1.59. The van der Waals surface area contributed by atoms with Crippen LogP contribution in [0, 0.1) is 11.6 Å². The third kappa shape index (κ3) is 5.72. The molecule has 0 heterocycles. The van der Waals surface area contributed by atoms with Gasteiger partial charge in [-0.1, -0.05) is 0 Å². The van der Waals surface area contributed by atoms with E-state index in [4.69, 9.17) is 5.73 Å². The van der Waals surface area contributed by atoms with E-state index in [0.717, 1.165) is 6.07 Å². The van der Waals surface area contributed by atoms with Gasteiger partial charge in [-0.2, -0.15) is 13.2 Å². The SMILES string of the molecule is NC(CCOCC(F)(F)F)Cc1c(F)ccc(Br)c1F. The third-order valence-electron chi connectivity index (χ3n) is 2.50. The molecule has 0 saturated carbocycles. The molecule has 114 valence electrons. The van der Waals surface area contributed by atoms with Crippen LogP contribution in [-0.4, -0.2) is 25.4 Å². The van der Waals surface area contributed by atoms with Gasteiger partial charge in [0, 0.05) is 18.2 Å². The molecular weight excluding hydrogens is 349 g/mol. The molecule has 0 saturated heterocycles. The predicted molar refractivity (Wildman–Crippen MR) is 67.2 cm³/mol. The molecule has 0 aliphatic heterocycles. The summed E-state index contributed by atoms with van der Waals surface area (Å²) in [6.07, 6.45) is -4.44. The molecule has 1 unspecified atom stereocenters. The zero-order valence-corrected chi connectivity index (χ0v) is 11.9. The second-order valence-corrected chi connectivity index (χ2v) is 5.10. The van der Waals surface area contributed by atoms with Crippen molar-refractivity contribution in [1.29, 1.82) is 0 Å². The first-order valence-electron chi connectivity index (χ1n) is 5.73. The molecule has 1 atom stereocenters. The lowest BCUT2D eigenvalue weighted by molar-refractivity contribution is -0.174. The maximum Gasteiger partial charge on any atom is 0.411 e. The fraction of sp³-hybridized carbons (Fsp3) is 0.500. The number of rotatable bonds is 6. The summed E-state index contributed by atoms with van der Waals surface area (Å²) in [6, 6.07) is 1.63. The molecule has 0 spiro atoms. The lowest BCUT2D eigenvalue weighted by Crippen LogP contribution is -2.27. The van der Waals surface area contributed by atoms with Crippen molar-refractivity contribution in [2.75, 3.05) is 13.2 Å². The monoisotopic (exact) mass is 361 g/mol. The summed E-state index contributed by atoms with van der Waals surface area (Å²) in [5.74, 6) is -1.49. The molecule has 0 fully saturated rings. The van der Waals surface area contributed by atoms with Gasteiger partial charge in [-0.25, -0.2) is 8.78 Å². The first-order chi connectivity index (χ1) is 9.20. The Bertz CT molecular complexity index is 452. The predicted octanol–water partition coefficient (Wildman–Crippen LogP) is 3.57. The van der Waals surface area contributed by atoms with Crippen LogP contribution in [0.15, 0.2) is 16.6 Å². The average Bonchev–Trinajstić information content (AvgIpc) is 2.34. The summed E-state index contributed by atoms with van der Waals surface area (Å²) in [7, 11) is 0. The molecule has 1 aromatic carbocycles. The molecule has 0 aromatic heterocycles. The van der Waals surface area contributed by atoms with E-state index in [-0.39, 0.29) is 29.5 Å². The molecule has 0 radical (unpaired) electrons. The average molecular weight is 362 g/mol. The molecule has 1 aromatic rings. The number of halogens is 6. The minimum absolute atomic E-state index is 0.0709. The zero-order valence-electron chi connectivity index (χ0n) is 10.3. The van der Waals surface area contributed by atoms with Crippen LogP contribution in [0.1, 0.15) is 12.0 Å². The first-order valence-corrected chi connectivity index (χ1v) is 6.52. The smallest absolute Gasteiger partial charge is 0.372 e. The van der Waals surface area contributed by atoms with E-state index in [2.05, 4.69) is 20.7 Å². The number of nitrogens with two attached hydrogens (primary N) is 1. The Morgan fingerprint density at radius 1 is 1.25 bits per heavy atom. The quantitative estimate of drug-likeness (QED) is 0.477. The van der Waals surface area contributed by atoms with Gasteiger partial charge in [-0.05, 0) is 40.9 Å². The van der Waals surface area contributed by atoms with Crippen LogP contribution in [-0.2, 0) is 11.2 Å². The van der Waals surface area contributed by atoms with Crippen LogP contribution in [0.5, 0.6) is 0 Å². The van der Waals surface area contributed by atoms with Crippen LogP contribution in [0.3, 0.4) is 0 Å². The van der Waals surface area contributed by atoms with E-state index in [9.17, 15) is 22.0 Å². The summed E-state index contributed by atoms with van der Waals surface area (Å²) in [4.78, 5) is 0. The van der Waals surface area contributed by atoms with Crippen LogP contribution in [0.25, 0.3) is 0 Å². The van der Waals surface area contributed by atoms with E-state index in [1.807, 2.05) is 0 Å². The highest BCUT2D eigenvalue weighted by atomic mass is 79.9. The van der Waals surface area contributed by atoms with Crippen molar-refractivity contribution in [2.24, 2.45) is 5.73 Å². The summed E-state index contributed by atoms with van der Waals surface area (Å²) in [5, 5.41) is 0. The number of hydrogen-bond acceptors (Lipinski definition) is 2. The minimum atomic E-state index is -4.40. The van der Waals surface area contributed by atoms with Gasteiger partial charge >= 0.3 is 6.18 Å². The van der Waals surface area contributed by atoms with E-state index in [0.29, 0.717) is 0 Å². The molecule has 2 N–H and O–H groups in total. The number of benzene rings is 1. The van der Waals surface area contributed by atoms with Gasteiger partial charge in [0.2, 0.25) is 0 Å². The molecule has 0 bridgehead atoms. The molecule has 2 nitrogen and oxygen atoms in total.